The van der Waals surface area contributed by atoms with Gasteiger partial charge in [0.15, 0.2) is 11.5 Å². The minimum Gasteiger partial charge on any atom is -0.493 e. The number of rotatable bonds is 8. The Balaban J connectivity index is 1.63. The molecular weight excluding hydrogens is 302 g/mol. The number of carbonyl (C=O) groups excluding carboxylic acids is 1. The molecule has 24 heavy (non-hydrogen) atoms. The van der Waals surface area contributed by atoms with Crippen molar-refractivity contribution in [3.63, 3.8) is 0 Å². The molecule has 4 heteroatoms. The fourth-order valence-corrected chi connectivity index (χ4v) is 3.88. The quantitative estimate of drug-likeness (QED) is 0.786. The Morgan fingerprint density at radius 1 is 1.12 bits per heavy atom. The summed E-state index contributed by atoms with van der Waals surface area (Å²) < 4.78 is 10.7. The van der Waals surface area contributed by atoms with Gasteiger partial charge in [-0.2, -0.15) is 0 Å². The van der Waals surface area contributed by atoms with Crippen LogP contribution in [0.15, 0.2) is 18.2 Å². The first-order chi connectivity index (χ1) is 11.7. The van der Waals surface area contributed by atoms with Crippen molar-refractivity contribution in [2.24, 2.45) is 11.8 Å². The van der Waals surface area contributed by atoms with Gasteiger partial charge in [-0.1, -0.05) is 18.9 Å². The fraction of sp³-hybridized carbons (Fsp3) is 0.650. The number of hydrogen-bond donors (Lipinski definition) is 1. The lowest BCUT2D eigenvalue weighted by atomic mass is 9.90. The fourth-order valence-electron chi connectivity index (χ4n) is 3.88. The van der Waals surface area contributed by atoms with E-state index in [1.807, 2.05) is 12.1 Å². The van der Waals surface area contributed by atoms with Gasteiger partial charge in [0, 0.05) is 13.0 Å². The molecule has 0 radical (unpaired) electrons. The number of nitrogens with one attached hydrogen (secondary N) is 1. The van der Waals surface area contributed by atoms with Gasteiger partial charge in [0.05, 0.1) is 14.2 Å². The summed E-state index contributed by atoms with van der Waals surface area (Å²) in [7, 11) is 3.30. The molecule has 2 aliphatic rings. The Hall–Kier alpha value is -1.71. The Bertz CT molecular complexity index is 562. The number of amides is 1. The highest BCUT2D eigenvalue weighted by Crippen LogP contribution is 2.46. The summed E-state index contributed by atoms with van der Waals surface area (Å²) in [5.41, 5.74) is 1.19. The molecule has 0 spiro atoms. The van der Waals surface area contributed by atoms with Gasteiger partial charge >= 0.3 is 0 Å². The Morgan fingerprint density at radius 2 is 1.83 bits per heavy atom. The summed E-state index contributed by atoms with van der Waals surface area (Å²) in [6.07, 6.45) is 8.18. The van der Waals surface area contributed by atoms with Crippen LogP contribution in [0, 0.1) is 11.8 Å². The Labute approximate surface area is 144 Å². The van der Waals surface area contributed by atoms with Crippen molar-refractivity contribution >= 4 is 5.91 Å². The van der Waals surface area contributed by atoms with E-state index in [0.717, 1.165) is 18.0 Å². The second-order valence-corrected chi connectivity index (χ2v) is 7.22. The van der Waals surface area contributed by atoms with Gasteiger partial charge in [-0.15, -0.1) is 0 Å². The van der Waals surface area contributed by atoms with E-state index in [1.165, 1.54) is 44.1 Å². The molecule has 1 aromatic rings. The highest BCUT2D eigenvalue weighted by molar-refractivity contribution is 5.77. The standard InChI is InChI=1S/C20H29NO3/c1-23-18-10-9-16(11-19(18)24-2)17(15-7-8-15)12-20(22)21-13-14-5-3-4-6-14/h9-11,14-15,17H,3-8,12-13H2,1-2H3,(H,21,22). The predicted molar refractivity (Wildman–Crippen MR) is 94.6 cm³/mol. The number of carbonyl (C=O) groups is 1. The lowest BCUT2D eigenvalue weighted by Crippen LogP contribution is -2.29. The van der Waals surface area contributed by atoms with Crippen molar-refractivity contribution < 1.29 is 14.3 Å². The maximum Gasteiger partial charge on any atom is 0.220 e. The first kappa shape index (κ1) is 17.1. The molecule has 0 aliphatic heterocycles. The summed E-state index contributed by atoms with van der Waals surface area (Å²) in [5.74, 6) is 3.27. The summed E-state index contributed by atoms with van der Waals surface area (Å²) in [4.78, 5) is 12.4. The molecule has 1 atom stereocenters. The van der Waals surface area contributed by atoms with E-state index >= 15 is 0 Å². The van der Waals surface area contributed by atoms with E-state index in [0.29, 0.717) is 18.3 Å². The molecule has 1 aromatic carbocycles. The zero-order valence-corrected chi connectivity index (χ0v) is 14.8. The summed E-state index contributed by atoms with van der Waals surface area (Å²) in [6.45, 7) is 0.849. The average Bonchev–Trinajstić information content (AvgIpc) is 3.32. The molecule has 1 amide bonds. The molecule has 3 rings (SSSR count). The number of benzene rings is 1. The maximum atomic E-state index is 12.4. The van der Waals surface area contributed by atoms with Crippen LogP contribution in [-0.2, 0) is 4.79 Å². The van der Waals surface area contributed by atoms with Crippen molar-refractivity contribution in [3.8, 4) is 11.5 Å². The largest absolute Gasteiger partial charge is 0.493 e. The van der Waals surface area contributed by atoms with E-state index in [9.17, 15) is 4.79 Å². The lowest BCUT2D eigenvalue weighted by Gasteiger charge is -2.19. The molecule has 0 heterocycles. The Morgan fingerprint density at radius 3 is 2.46 bits per heavy atom. The van der Waals surface area contributed by atoms with Crippen LogP contribution in [0.4, 0.5) is 0 Å². The molecule has 0 bridgehead atoms. The van der Waals surface area contributed by atoms with E-state index < -0.39 is 0 Å². The third-order valence-corrected chi connectivity index (χ3v) is 5.49. The zero-order chi connectivity index (χ0) is 16.9. The minimum atomic E-state index is 0.189. The highest BCUT2D eigenvalue weighted by Gasteiger charge is 2.34. The van der Waals surface area contributed by atoms with Crippen LogP contribution in [-0.4, -0.2) is 26.7 Å². The van der Waals surface area contributed by atoms with Crippen LogP contribution in [0.5, 0.6) is 11.5 Å². The van der Waals surface area contributed by atoms with E-state index in [-0.39, 0.29) is 11.8 Å². The number of methoxy groups -OCH3 is 2. The zero-order valence-electron chi connectivity index (χ0n) is 14.8. The third kappa shape index (κ3) is 4.22. The monoisotopic (exact) mass is 331 g/mol. The van der Waals surface area contributed by atoms with Crippen molar-refractivity contribution in [3.05, 3.63) is 23.8 Å². The van der Waals surface area contributed by atoms with E-state index in [4.69, 9.17) is 9.47 Å². The number of hydrogen-bond acceptors (Lipinski definition) is 3. The molecule has 2 saturated carbocycles. The molecule has 4 nitrogen and oxygen atoms in total. The van der Waals surface area contributed by atoms with Crippen LogP contribution in [0.3, 0.4) is 0 Å². The van der Waals surface area contributed by atoms with Crippen LogP contribution >= 0.6 is 0 Å². The van der Waals surface area contributed by atoms with Crippen molar-refractivity contribution in [2.45, 2.75) is 50.9 Å². The van der Waals surface area contributed by atoms with Crippen LogP contribution in [0.1, 0.15) is 56.4 Å². The first-order valence-electron chi connectivity index (χ1n) is 9.20. The molecule has 2 fully saturated rings. The molecule has 1 unspecified atom stereocenters. The van der Waals surface area contributed by atoms with Gasteiger partial charge in [0.2, 0.25) is 5.91 Å². The van der Waals surface area contributed by atoms with Gasteiger partial charge in [0.25, 0.3) is 0 Å². The summed E-state index contributed by atoms with van der Waals surface area (Å²) >= 11 is 0. The van der Waals surface area contributed by atoms with Crippen LogP contribution in [0.25, 0.3) is 0 Å². The minimum absolute atomic E-state index is 0.189. The van der Waals surface area contributed by atoms with Gasteiger partial charge in [-0.3, -0.25) is 4.79 Å². The van der Waals surface area contributed by atoms with Crippen LogP contribution < -0.4 is 14.8 Å². The van der Waals surface area contributed by atoms with Gasteiger partial charge < -0.3 is 14.8 Å². The van der Waals surface area contributed by atoms with Gasteiger partial charge in [-0.25, -0.2) is 0 Å². The summed E-state index contributed by atoms with van der Waals surface area (Å²) in [5, 5.41) is 3.16. The first-order valence-corrected chi connectivity index (χ1v) is 9.20. The lowest BCUT2D eigenvalue weighted by molar-refractivity contribution is -0.121. The second-order valence-electron chi connectivity index (χ2n) is 7.22. The molecule has 0 saturated heterocycles. The SMILES string of the molecule is COc1ccc(C(CC(=O)NCC2CCCC2)C2CC2)cc1OC. The molecule has 0 aromatic heterocycles. The second kappa shape index (κ2) is 7.91. The normalized spacial score (nSPS) is 19.1. The molecule has 1 N–H and O–H groups in total. The maximum absolute atomic E-state index is 12.4. The van der Waals surface area contributed by atoms with Crippen molar-refractivity contribution in [2.75, 3.05) is 20.8 Å². The molecule has 2 aliphatic carbocycles. The van der Waals surface area contributed by atoms with Crippen molar-refractivity contribution in [1.82, 2.24) is 5.32 Å². The topological polar surface area (TPSA) is 47.6 Å². The highest BCUT2D eigenvalue weighted by atomic mass is 16.5. The van der Waals surface area contributed by atoms with E-state index in [2.05, 4.69) is 11.4 Å². The van der Waals surface area contributed by atoms with E-state index in [1.54, 1.807) is 14.2 Å². The van der Waals surface area contributed by atoms with Crippen LogP contribution in [0.2, 0.25) is 0 Å². The molecular formula is C20H29NO3. The average molecular weight is 331 g/mol. The summed E-state index contributed by atoms with van der Waals surface area (Å²) in [6, 6.07) is 6.06. The van der Waals surface area contributed by atoms with Gasteiger partial charge in [-0.05, 0) is 61.1 Å². The predicted octanol–water partition coefficient (Wildman–Crippen LogP) is 3.89. The van der Waals surface area contributed by atoms with Crippen molar-refractivity contribution in [1.29, 1.82) is 0 Å². The number of ether oxygens (including phenoxy) is 2. The smallest absolute Gasteiger partial charge is 0.220 e. The Kier molecular flexibility index (Phi) is 5.64. The van der Waals surface area contributed by atoms with Gasteiger partial charge in [0.1, 0.15) is 0 Å². The molecule has 132 valence electrons. The third-order valence-electron chi connectivity index (χ3n) is 5.49.